The minimum Gasteiger partial charge on any atom is -0.382 e. The van der Waals surface area contributed by atoms with E-state index in [1.807, 2.05) is 0 Å². The quantitative estimate of drug-likeness (QED) is 0.666. The first kappa shape index (κ1) is 20.4. The highest BCUT2D eigenvalue weighted by atomic mass is 35.5. The Kier molecular flexibility index (Phi) is 5.74. The maximum Gasteiger partial charge on any atom is 0.280 e. The topological polar surface area (TPSA) is 98.3 Å². The number of benzene rings is 1. The van der Waals surface area contributed by atoms with Gasteiger partial charge in [-0.15, -0.1) is 0 Å². The highest BCUT2D eigenvalue weighted by Gasteiger charge is 2.49. The Bertz CT molecular complexity index is 914. The number of alkyl halides is 2. The van der Waals surface area contributed by atoms with Crippen LogP contribution in [0.4, 0.5) is 8.78 Å². The van der Waals surface area contributed by atoms with Crippen LogP contribution in [0.15, 0.2) is 18.3 Å². The fourth-order valence-electron chi connectivity index (χ4n) is 3.45. The number of fused-ring (bicyclic) bond motifs is 1. The molecule has 0 aliphatic carbocycles. The molecule has 0 spiro atoms. The van der Waals surface area contributed by atoms with Crippen molar-refractivity contribution in [3.05, 3.63) is 28.9 Å². The van der Waals surface area contributed by atoms with E-state index in [4.69, 9.17) is 11.6 Å². The molecule has 150 valence electrons. The number of aromatic amines is 1. The second kappa shape index (κ2) is 7.59. The van der Waals surface area contributed by atoms with Gasteiger partial charge in [0.2, 0.25) is 0 Å². The third-order valence-corrected chi connectivity index (χ3v) is 6.78. The van der Waals surface area contributed by atoms with Crippen LogP contribution in [0.5, 0.6) is 0 Å². The normalized spacial score (nSPS) is 18.9. The maximum atomic E-state index is 15.0. The first-order chi connectivity index (χ1) is 12.7. The molecule has 3 rings (SSSR count). The molecule has 1 aliphatic heterocycles. The summed E-state index contributed by atoms with van der Waals surface area (Å²) in [6, 6.07) is 2.87. The summed E-state index contributed by atoms with van der Waals surface area (Å²) in [5.74, 6) is -4.60. The summed E-state index contributed by atoms with van der Waals surface area (Å²) < 4.78 is 57.5. The smallest absolute Gasteiger partial charge is 0.280 e. The van der Waals surface area contributed by atoms with E-state index in [-0.39, 0.29) is 43.1 Å². The molecule has 11 heteroatoms. The monoisotopic (exact) mass is 422 g/mol. The van der Waals surface area contributed by atoms with Crippen LogP contribution < -0.4 is 4.72 Å². The molecular formula is C16H21ClF2N4O3S. The zero-order chi connectivity index (χ0) is 19.8. The van der Waals surface area contributed by atoms with E-state index >= 15 is 8.78 Å². The van der Waals surface area contributed by atoms with Gasteiger partial charge in [-0.05, 0) is 25.0 Å². The van der Waals surface area contributed by atoms with Gasteiger partial charge in [-0.1, -0.05) is 18.5 Å². The molecular weight excluding hydrogens is 402 g/mol. The van der Waals surface area contributed by atoms with Gasteiger partial charge >= 0.3 is 0 Å². The van der Waals surface area contributed by atoms with Crippen LogP contribution in [0.2, 0.25) is 5.02 Å². The molecule has 1 atom stereocenters. The van der Waals surface area contributed by atoms with Gasteiger partial charge in [0.15, 0.2) is 0 Å². The van der Waals surface area contributed by atoms with E-state index < -0.39 is 28.2 Å². The van der Waals surface area contributed by atoms with Crippen molar-refractivity contribution < 1.29 is 22.3 Å². The van der Waals surface area contributed by atoms with E-state index in [9.17, 15) is 13.5 Å². The van der Waals surface area contributed by atoms with Gasteiger partial charge in [0, 0.05) is 41.5 Å². The number of aromatic nitrogens is 2. The molecule has 27 heavy (non-hydrogen) atoms. The second-order valence-corrected chi connectivity index (χ2v) is 8.77. The predicted molar refractivity (Wildman–Crippen MR) is 97.9 cm³/mol. The number of rotatable bonds is 6. The lowest BCUT2D eigenvalue weighted by atomic mass is 9.85. The molecule has 2 aromatic rings. The first-order valence-corrected chi connectivity index (χ1v) is 10.4. The van der Waals surface area contributed by atoms with Crippen LogP contribution in [-0.4, -0.2) is 53.6 Å². The Morgan fingerprint density at radius 3 is 2.74 bits per heavy atom. The number of aliphatic hydroxyl groups excluding tert-OH is 1. The number of hydrogen-bond acceptors (Lipinski definition) is 4. The molecule has 1 unspecified atom stereocenters. The summed E-state index contributed by atoms with van der Waals surface area (Å²) in [7, 11) is -3.66. The lowest BCUT2D eigenvalue weighted by Gasteiger charge is -2.37. The molecule has 0 amide bonds. The summed E-state index contributed by atoms with van der Waals surface area (Å²) in [5.41, 5.74) is 0.279. The molecule has 0 radical (unpaired) electrons. The van der Waals surface area contributed by atoms with Crippen LogP contribution in [0.3, 0.4) is 0 Å². The highest BCUT2D eigenvalue weighted by molar-refractivity contribution is 7.87. The second-order valence-electron chi connectivity index (χ2n) is 6.58. The number of H-pyrrole nitrogens is 1. The van der Waals surface area contributed by atoms with Crippen molar-refractivity contribution in [2.75, 3.05) is 19.6 Å². The number of halogens is 3. The molecule has 7 nitrogen and oxygen atoms in total. The van der Waals surface area contributed by atoms with Crippen molar-refractivity contribution >= 4 is 32.7 Å². The van der Waals surface area contributed by atoms with Crippen molar-refractivity contribution in [3.8, 4) is 0 Å². The van der Waals surface area contributed by atoms with Crippen molar-refractivity contribution in [2.24, 2.45) is 5.92 Å². The van der Waals surface area contributed by atoms with Gasteiger partial charge < -0.3 is 5.11 Å². The molecule has 0 saturated carbocycles. The Hall–Kier alpha value is -1.33. The Balaban J connectivity index is 1.79. The molecule has 0 bridgehead atoms. The van der Waals surface area contributed by atoms with E-state index in [1.165, 1.54) is 12.3 Å². The van der Waals surface area contributed by atoms with E-state index in [1.54, 1.807) is 13.0 Å². The Morgan fingerprint density at radius 2 is 2.11 bits per heavy atom. The van der Waals surface area contributed by atoms with Crippen LogP contribution in [0, 0.1) is 5.92 Å². The lowest BCUT2D eigenvalue weighted by molar-refractivity contribution is -0.158. The van der Waals surface area contributed by atoms with Gasteiger partial charge in [-0.3, -0.25) is 5.10 Å². The minimum absolute atomic E-state index is 0.0253. The van der Waals surface area contributed by atoms with Crippen molar-refractivity contribution in [1.29, 1.82) is 0 Å². The van der Waals surface area contributed by atoms with Crippen LogP contribution in [-0.2, 0) is 10.2 Å². The first-order valence-electron chi connectivity index (χ1n) is 8.60. The van der Waals surface area contributed by atoms with Gasteiger partial charge in [0.05, 0.1) is 11.7 Å². The summed E-state index contributed by atoms with van der Waals surface area (Å²) in [6.45, 7) is 1.82. The standard InChI is InChI=1S/C16H21ClF2N4O3S/c1-2-21-27(25,26)23-5-3-11(4-6-23)16(18,19)15(24)13-8-12(17)7-10-9-20-22-14(10)13/h7-9,11,15,21,24H,2-6H2,1H3,(H,20,22). The number of piperidine rings is 1. The third-order valence-electron chi connectivity index (χ3n) is 4.87. The fourth-order valence-corrected chi connectivity index (χ4v) is 4.92. The van der Waals surface area contributed by atoms with Crippen LogP contribution in [0.25, 0.3) is 10.9 Å². The van der Waals surface area contributed by atoms with Crippen molar-refractivity contribution in [3.63, 3.8) is 0 Å². The lowest BCUT2D eigenvalue weighted by Crippen LogP contribution is -2.48. The van der Waals surface area contributed by atoms with E-state index in [0.29, 0.717) is 10.9 Å². The highest BCUT2D eigenvalue weighted by Crippen LogP contribution is 2.44. The molecule has 1 aromatic carbocycles. The largest absolute Gasteiger partial charge is 0.382 e. The Labute approximate surface area is 160 Å². The number of nitrogens with one attached hydrogen (secondary N) is 2. The minimum atomic E-state index is -3.66. The predicted octanol–water partition coefficient (Wildman–Crippen LogP) is 2.45. The van der Waals surface area contributed by atoms with Gasteiger partial charge in [0.1, 0.15) is 6.10 Å². The van der Waals surface area contributed by atoms with E-state index in [0.717, 1.165) is 4.31 Å². The molecule has 2 heterocycles. The molecule has 3 N–H and O–H groups in total. The van der Waals surface area contributed by atoms with Crippen LogP contribution in [0.1, 0.15) is 31.4 Å². The van der Waals surface area contributed by atoms with Gasteiger partial charge in [0.25, 0.3) is 16.1 Å². The zero-order valence-corrected chi connectivity index (χ0v) is 16.2. The molecule has 1 aromatic heterocycles. The fraction of sp³-hybridized carbons (Fsp3) is 0.562. The maximum absolute atomic E-state index is 15.0. The van der Waals surface area contributed by atoms with Crippen molar-refractivity contribution in [1.82, 2.24) is 19.2 Å². The molecule has 1 fully saturated rings. The number of nitrogens with zero attached hydrogens (tertiary/aromatic N) is 2. The molecule has 1 saturated heterocycles. The SMILES string of the molecule is CCNS(=O)(=O)N1CCC(C(F)(F)C(O)c2cc(Cl)cc3cn[nH]c23)CC1. The van der Waals surface area contributed by atoms with Gasteiger partial charge in [-0.2, -0.15) is 17.8 Å². The average molecular weight is 423 g/mol. The summed E-state index contributed by atoms with van der Waals surface area (Å²) in [4.78, 5) is 0. The number of aliphatic hydroxyl groups is 1. The molecule has 1 aliphatic rings. The zero-order valence-electron chi connectivity index (χ0n) is 14.6. The Morgan fingerprint density at radius 1 is 1.44 bits per heavy atom. The van der Waals surface area contributed by atoms with Crippen molar-refractivity contribution in [2.45, 2.75) is 31.8 Å². The van der Waals surface area contributed by atoms with Crippen LogP contribution >= 0.6 is 11.6 Å². The summed E-state index contributed by atoms with van der Waals surface area (Å²) >= 11 is 5.98. The summed E-state index contributed by atoms with van der Waals surface area (Å²) in [5, 5.41) is 17.6. The summed E-state index contributed by atoms with van der Waals surface area (Å²) in [6.07, 6.45) is -0.747. The average Bonchev–Trinajstić information content (AvgIpc) is 3.08. The van der Waals surface area contributed by atoms with E-state index in [2.05, 4.69) is 14.9 Å². The number of hydrogen-bond donors (Lipinski definition) is 3. The third kappa shape index (κ3) is 3.95. The van der Waals surface area contributed by atoms with Gasteiger partial charge in [-0.25, -0.2) is 13.5 Å².